The fourth-order valence-corrected chi connectivity index (χ4v) is 3.65. The number of anilines is 1. The molecule has 0 fully saturated rings. The molecule has 130 valence electrons. The maximum absolute atomic E-state index is 12.6. The Hall–Kier alpha value is -2.54. The third-order valence-electron chi connectivity index (χ3n) is 4.15. The van der Waals surface area contributed by atoms with Crippen LogP contribution in [0.25, 0.3) is 0 Å². The molecule has 0 radical (unpaired) electrons. The molecule has 2 heterocycles. The molecule has 2 aromatic rings. The molecule has 3 rings (SSSR count). The average molecular weight is 356 g/mol. The minimum Gasteiger partial charge on any atom is -0.345 e. The van der Waals surface area contributed by atoms with Crippen molar-refractivity contribution in [3.05, 3.63) is 52.0 Å². The molecule has 0 unspecified atom stereocenters. The van der Waals surface area contributed by atoms with Gasteiger partial charge in [-0.25, -0.2) is 0 Å². The zero-order valence-corrected chi connectivity index (χ0v) is 14.9. The van der Waals surface area contributed by atoms with Gasteiger partial charge < -0.3 is 10.2 Å². The molecule has 1 aliphatic rings. The van der Waals surface area contributed by atoms with Crippen molar-refractivity contribution in [1.29, 1.82) is 0 Å². The van der Waals surface area contributed by atoms with Crippen LogP contribution in [0.2, 0.25) is 0 Å². The number of carbonyl (C=O) groups excluding carboxylic acids is 2. The number of nitrogens with one attached hydrogen (secondary N) is 1. The van der Waals surface area contributed by atoms with Crippen LogP contribution >= 0.6 is 11.3 Å². The fraction of sp³-hybridized carbons (Fsp3) is 0.333. The molecule has 2 amide bonds. The van der Waals surface area contributed by atoms with E-state index in [9.17, 15) is 9.59 Å². The molecule has 0 saturated heterocycles. The molecule has 7 heteroatoms. The highest BCUT2D eigenvalue weighted by atomic mass is 32.1. The Labute approximate surface area is 150 Å². The number of fused-ring (bicyclic) bond motifs is 1. The van der Waals surface area contributed by atoms with E-state index in [-0.39, 0.29) is 11.8 Å². The van der Waals surface area contributed by atoms with Gasteiger partial charge in [-0.3, -0.25) is 9.59 Å². The van der Waals surface area contributed by atoms with Crippen LogP contribution in [0.4, 0.5) is 5.69 Å². The second kappa shape index (κ2) is 7.57. The van der Waals surface area contributed by atoms with Crippen molar-refractivity contribution in [3.8, 4) is 0 Å². The lowest BCUT2D eigenvalue weighted by molar-refractivity contribution is -0.114. The number of rotatable bonds is 5. The first-order chi connectivity index (χ1) is 12.1. The highest BCUT2D eigenvalue weighted by Crippen LogP contribution is 2.30. The first-order valence-corrected chi connectivity index (χ1v) is 9.11. The lowest BCUT2D eigenvalue weighted by atomic mass is 9.95. The minimum atomic E-state index is -0.155. The van der Waals surface area contributed by atoms with Crippen molar-refractivity contribution in [2.45, 2.75) is 32.7 Å². The van der Waals surface area contributed by atoms with E-state index in [4.69, 9.17) is 0 Å². The van der Waals surface area contributed by atoms with Gasteiger partial charge in [0.2, 0.25) is 5.91 Å². The summed E-state index contributed by atoms with van der Waals surface area (Å²) in [5.74, 6) is -0.294. The number of carbonyl (C=O) groups is 2. The summed E-state index contributed by atoms with van der Waals surface area (Å²) in [6, 6.07) is 5.49. The van der Waals surface area contributed by atoms with Crippen LogP contribution < -0.4 is 10.2 Å². The Bertz CT molecular complexity index is 815. The van der Waals surface area contributed by atoms with Gasteiger partial charge in [-0.15, -0.1) is 10.2 Å². The lowest BCUT2D eigenvalue weighted by Crippen LogP contribution is -2.35. The molecular formula is C18H20N4O2S. The van der Waals surface area contributed by atoms with E-state index in [0.29, 0.717) is 18.7 Å². The Morgan fingerprint density at radius 2 is 2.16 bits per heavy atom. The van der Waals surface area contributed by atoms with Gasteiger partial charge in [-0.2, -0.15) is 0 Å². The van der Waals surface area contributed by atoms with Crippen LogP contribution in [0.5, 0.6) is 0 Å². The summed E-state index contributed by atoms with van der Waals surface area (Å²) >= 11 is 1.51. The van der Waals surface area contributed by atoms with Gasteiger partial charge in [0.15, 0.2) is 0 Å². The predicted octanol–water partition coefficient (Wildman–Crippen LogP) is 2.50. The van der Waals surface area contributed by atoms with Crippen molar-refractivity contribution >= 4 is 28.8 Å². The summed E-state index contributed by atoms with van der Waals surface area (Å²) in [7, 11) is 0. The summed E-state index contributed by atoms with van der Waals surface area (Å²) in [6.07, 6.45) is 3.75. The predicted molar refractivity (Wildman–Crippen MR) is 97.8 cm³/mol. The van der Waals surface area contributed by atoms with Crippen molar-refractivity contribution in [1.82, 2.24) is 15.5 Å². The highest BCUT2D eigenvalue weighted by molar-refractivity contribution is 7.11. The number of nitrogens with zero attached hydrogens (tertiary/aromatic N) is 3. The molecule has 0 saturated carbocycles. The minimum absolute atomic E-state index is 0.139. The standard InChI is InChI=1S/C18H20N4O2S/c1-3-15-20-21-16(25-15)11-19-18(24)13-7-5-9-14-12(13)8-6-10-22(14)17(23)4-2/h4-5,7,9H,2-3,6,8,10-11H2,1H3,(H,19,24). The largest absolute Gasteiger partial charge is 0.345 e. The third-order valence-corrected chi connectivity index (χ3v) is 5.21. The third kappa shape index (κ3) is 3.61. The first-order valence-electron chi connectivity index (χ1n) is 8.29. The van der Waals surface area contributed by atoms with Crippen molar-refractivity contribution in [2.75, 3.05) is 11.4 Å². The maximum Gasteiger partial charge on any atom is 0.251 e. The van der Waals surface area contributed by atoms with Crippen molar-refractivity contribution in [2.24, 2.45) is 0 Å². The van der Waals surface area contributed by atoms with E-state index < -0.39 is 0 Å². The summed E-state index contributed by atoms with van der Waals surface area (Å²) in [6.45, 7) is 6.58. The fourth-order valence-electron chi connectivity index (χ4n) is 2.93. The zero-order chi connectivity index (χ0) is 17.8. The quantitative estimate of drug-likeness (QED) is 0.835. The highest BCUT2D eigenvalue weighted by Gasteiger charge is 2.24. The number of aromatic nitrogens is 2. The average Bonchev–Trinajstić information content (AvgIpc) is 3.12. The molecular weight excluding hydrogens is 336 g/mol. The molecule has 25 heavy (non-hydrogen) atoms. The SMILES string of the molecule is C=CC(=O)N1CCCc2c(C(=O)NCc3nnc(CC)s3)cccc21. The number of amides is 2. The smallest absolute Gasteiger partial charge is 0.251 e. The monoisotopic (exact) mass is 356 g/mol. The van der Waals surface area contributed by atoms with E-state index in [0.717, 1.165) is 40.5 Å². The van der Waals surface area contributed by atoms with Crippen LogP contribution in [0, 0.1) is 0 Å². The van der Waals surface area contributed by atoms with E-state index in [2.05, 4.69) is 22.1 Å². The van der Waals surface area contributed by atoms with E-state index >= 15 is 0 Å². The van der Waals surface area contributed by atoms with Gasteiger partial charge >= 0.3 is 0 Å². The molecule has 0 atom stereocenters. The van der Waals surface area contributed by atoms with Crippen LogP contribution in [-0.2, 0) is 24.2 Å². The second-order valence-corrected chi connectivity index (χ2v) is 6.87. The van der Waals surface area contributed by atoms with Gasteiger partial charge in [-0.05, 0) is 43.0 Å². The van der Waals surface area contributed by atoms with E-state index in [1.54, 1.807) is 11.0 Å². The summed E-state index contributed by atoms with van der Waals surface area (Å²) in [5, 5.41) is 12.8. The van der Waals surface area contributed by atoms with E-state index in [1.807, 2.05) is 19.1 Å². The molecule has 1 aromatic heterocycles. The second-order valence-electron chi connectivity index (χ2n) is 5.73. The summed E-state index contributed by atoms with van der Waals surface area (Å²) < 4.78 is 0. The van der Waals surface area contributed by atoms with Crippen molar-refractivity contribution in [3.63, 3.8) is 0 Å². The van der Waals surface area contributed by atoms with Crippen LogP contribution in [0.15, 0.2) is 30.9 Å². The van der Waals surface area contributed by atoms with Gasteiger partial charge in [0.05, 0.1) is 6.54 Å². The van der Waals surface area contributed by atoms with Gasteiger partial charge in [-0.1, -0.05) is 30.9 Å². The number of hydrogen-bond donors (Lipinski definition) is 1. The van der Waals surface area contributed by atoms with Crippen LogP contribution in [0.1, 0.15) is 39.3 Å². The van der Waals surface area contributed by atoms with Gasteiger partial charge in [0.25, 0.3) is 5.91 Å². The molecule has 0 bridgehead atoms. The molecule has 1 N–H and O–H groups in total. The normalized spacial score (nSPS) is 13.2. The molecule has 1 aliphatic heterocycles. The molecule has 0 aliphatic carbocycles. The lowest BCUT2D eigenvalue weighted by Gasteiger charge is -2.29. The molecule has 1 aromatic carbocycles. The number of hydrogen-bond acceptors (Lipinski definition) is 5. The zero-order valence-electron chi connectivity index (χ0n) is 14.1. The Kier molecular flexibility index (Phi) is 5.23. The van der Waals surface area contributed by atoms with Gasteiger partial charge in [0.1, 0.15) is 10.0 Å². The Morgan fingerprint density at radius 1 is 1.36 bits per heavy atom. The van der Waals surface area contributed by atoms with Crippen LogP contribution in [0.3, 0.4) is 0 Å². The maximum atomic E-state index is 12.6. The molecule has 0 spiro atoms. The number of aryl methyl sites for hydroxylation is 1. The number of benzene rings is 1. The van der Waals surface area contributed by atoms with E-state index in [1.165, 1.54) is 17.4 Å². The van der Waals surface area contributed by atoms with Crippen molar-refractivity contribution < 1.29 is 9.59 Å². The first kappa shape index (κ1) is 17.3. The topological polar surface area (TPSA) is 75.2 Å². The van der Waals surface area contributed by atoms with Gasteiger partial charge in [0, 0.05) is 17.8 Å². The summed E-state index contributed by atoms with van der Waals surface area (Å²) in [5.41, 5.74) is 2.32. The Morgan fingerprint density at radius 3 is 2.88 bits per heavy atom. The Balaban J connectivity index is 1.79. The summed E-state index contributed by atoms with van der Waals surface area (Å²) in [4.78, 5) is 26.4. The van der Waals surface area contributed by atoms with Crippen LogP contribution in [-0.4, -0.2) is 28.6 Å². The molecule has 6 nitrogen and oxygen atoms in total.